The third kappa shape index (κ3) is 2.60. The third-order valence-corrected chi connectivity index (χ3v) is 6.99. The van der Waals surface area contributed by atoms with Crippen molar-refractivity contribution in [1.82, 2.24) is 0 Å². The van der Waals surface area contributed by atoms with Crippen LogP contribution in [-0.2, 0) is 7.05 Å². The number of rotatable bonds is 2. The smallest absolute Gasteiger partial charge is 0.256 e. The lowest BCUT2D eigenvalue weighted by molar-refractivity contribution is -0.659. The Hall–Kier alpha value is -3.13. The number of fused-ring (bicyclic) bond motifs is 5. The number of aryl methyl sites for hydroxylation is 2. The second-order valence-electron chi connectivity index (χ2n) is 8.84. The zero-order valence-corrected chi connectivity index (χ0v) is 17.6. The van der Waals surface area contributed by atoms with Crippen molar-refractivity contribution >= 4 is 32.7 Å². The van der Waals surface area contributed by atoms with Gasteiger partial charge in [0.25, 0.3) is 5.69 Å². The predicted molar refractivity (Wildman–Crippen MR) is 124 cm³/mol. The van der Waals surface area contributed by atoms with Gasteiger partial charge in [0, 0.05) is 22.2 Å². The van der Waals surface area contributed by atoms with Crippen molar-refractivity contribution in [2.75, 3.05) is 0 Å². The lowest BCUT2D eigenvalue weighted by Gasteiger charge is -2.10. The molecule has 0 amide bonds. The summed E-state index contributed by atoms with van der Waals surface area (Å²) in [6.07, 6.45) is 7.53. The molecule has 6 rings (SSSR count). The van der Waals surface area contributed by atoms with Gasteiger partial charge in [-0.25, -0.2) is 0 Å². The monoisotopic (exact) mass is 392 g/mol. The van der Waals surface area contributed by atoms with Crippen LogP contribution >= 0.6 is 0 Å². The van der Waals surface area contributed by atoms with E-state index in [1.54, 1.807) is 0 Å². The maximum absolute atomic E-state index is 6.63. The van der Waals surface area contributed by atoms with E-state index in [-0.39, 0.29) is 0 Å². The summed E-state index contributed by atoms with van der Waals surface area (Å²) in [5.41, 5.74) is 7.07. The Labute approximate surface area is 176 Å². The SMILES string of the molecule is Cc1ccccc1-c1c2oc3c4ccc(C5CCCC5)cc4ccc3c2cc[n+]1C. The van der Waals surface area contributed by atoms with Gasteiger partial charge in [-0.15, -0.1) is 0 Å². The van der Waals surface area contributed by atoms with Crippen molar-refractivity contribution in [3.63, 3.8) is 0 Å². The molecule has 2 heterocycles. The summed E-state index contributed by atoms with van der Waals surface area (Å²) in [5.74, 6) is 0.729. The highest BCUT2D eigenvalue weighted by Gasteiger charge is 2.23. The van der Waals surface area contributed by atoms with Crippen LogP contribution in [0.15, 0.2) is 71.3 Å². The maximum atomic E-state index is 6.63. The fourth-order valence-electron chi connectivity index (χ4n) is 5.35. The summed E-state index contributed by atoms with van der Waals surface area (Å²) in [4.78, 5) is 0. The zero-order chi connectivity index (χ0) is 20.2. The molecule has 1 aliphatic carbocycles. The summed E-state index contributed by atoms with van der Waals surface area (Å²) in [6, 6.07) is 22.2. The Kier molecular flexibility index (Phi) is 3.95. The zero-order valence-electron chi connectivity index (χ0n) is 17.6. The van der Waals surface area contributed by atoms with E-state index < -0.39 is 0 Å². The molecule has 30 heavy (non-hydrogen) atoms. The number of hydrogen-bond acceptors (Lipinski definition) is 1. The summed E-state index contributed by atoms with van der Waals surface area (Å²) in [7, 11) is 2.10. The number of hydrogen-bond donors (Lipinski definition) is 0. The van der Waals surface area contributed by atoms with Crippen molar-refractivity contribution in [3.05, 3.63) is 78.0 Å². The Morgan fingerprint density at radius 2 is 1.60 bits per heavy atom. The van der Waals surface area contributed by atoms with Gasteiger partial charge >= 0.3 is 0 Å². The molecule has 0 saturated heterocycles. The van der Waals surface area contributed by atoms with Crippen LogP contribution in [-0.4, -0.2) is 0 Å². The molecule has 5 aromatic rings. The van der Waals surface area contributed by atoms with Gasteiger partial charge in [-0.05, 0) is 54.3 Å². The van der Waals surface area contributed by atoms with Gasteiger partial charge in [0.05, 0.1) is 5.56 Å². The van der Waals surface area contributed by atoms with Crippen LogP contribution in [0.2, 0.25) is 0 Å². The summed E-state index contributed by atoms with van der Waals surface area (Å²) in [5, 5.41) is 4.88. The van der Waals surface area contributed by atoms with Gasteiger partial charge in [0.15, 0.2) is 6.20 Å². The molecule has 2 nitrogen and oxygen atoms in total. The average molecular weight is 393 g/mol. The minimum absolute atomic E-state index is 0.729. The maximum Gasteiger partial charge on any atom is 0.256 e. The van der Waals surface area contributed by atoms with E-state index in [4.69, 9.17) is 4.42 Å². The summed E-state index contributed by atoms with van der Waals surface area (Å²) in [6.45, 7) is 2.16. The van der Waals surface area contributed by atoms with Crippen molar-refractivity contribution in [1.29, 1.82) is 0 Å². The van der Waals surface area contributed by atoms with Gasteiger partial charge < -0.3 is 4.42 Å². The van der Waals surface area contributed by atoms with Gasteiger partial charge in [0.1, 0.15) is 12.6 Å². The van der Waals surface area contributed by atoms with Crippen molar-refractivity contribution in [3.8, 4) is 11.3 Å². The first-order chi connectivity index (χ1) is 14.7. The third-order valence-electron chi connectivity index (χ3n) is 6.99. The van der Waals surface area contributed by atoms with E-state index in [9.17, 15) is 0 Å². The second-order valence-corrected chi connectivity index (χ2v) is 8.84. The summed E-state index contributed by atoms with van der Waals surface area (Å²) >= 11 is 0. The van der Waals surface area contributed by atoms with E-state index in [0.717, 1.165) is 22.8 Å². The molecule has 1 saturated carbocycles. The van der Waals surface area contributed by atoms with Crippen LogP contribution in [0.1, 0.15) is 42.7 Å². The molecular formula is C28H26NO+. The number of pyridine rings is 1. The van der Waals surface area contributed by atoms with Crippen LogP contribution in [0.4, 0.5) is 0 Å². The average Bonchev–Trinajstić information content (AvgIpc) is 3.42. The van der Waals surface area contributed by atoms with Gasteiger partial charge in [-0.3, -0.25) is 0 Å². The van der Waals surface area contributed by atoms with Crippen molar-refractivity contribution in [2.24, 2.45) is 7.05 Å². The molecule has 148 valence electrons. The van der Waals surface area contributed by atoms with E-state index in [0.29, 0.717) is 0 Å². The van der Waals surface area contributed by atoms with Gasteiger partial charge in [-0.1, -0.05) is 55.3 Å². The Morgan fingerprint density at radius 1 is 0.833 bits per heavy atom. The second kappa shape index (κ2) is 6.70. The molecular weight excluding hydrogens is 366 g/mol. The van der Waals surface area contributed by atoms with E-state index in [1.165, 1.54) is 63.9 Å². The first kappa shape index (κ1) is 17.7. The van der Waals surface area contributed by atoms with E-state index in [2.05, 4.69) is 85.4 Å². The minimum Gasteiger partial charge on any atom is -0.448 e. The number of benzene rings is 3. The van der Waals surface area contributed by atoms with Crippen LogP contribution in [0.25, 0.3) is 44.0 Å². The lowest BCUT2D eigenvalue weighted by Crippen LogP contribution is -2.30. The highest BCUT2D eigenvalue weighted by molar-refractivity contribution is 6.16. The molecule has 0 radical (unpaired) electrons. The molecule has 0 spiro atoms. The van der Waals surface area contributed by atoms with Crippen LogP contribution in [0.3, 0.4) is 0 Å². The first-order valence-electron chi connectivity index (χ1n) is 11.0. The minimum atomic E-state index is 0.729. The fourth-order valence-corrected chi connectivity index (χ4v) is 5.35. The van der Waals surface area contributed by atoms with Crippen molar-refractivity contribution in [2.45, 2.75) is 38.5 Å². The number of aromatic nitrogens is 1. The molecule has 0 unspecified atom stereocenters. The Balaban J connectivity index is 1.63. The van der Waals surface area contributed by atoms with E-state index >= 15 is 0 Å². The predicted octanol–water partition coefficient (Wildman–Crippen LogP) is 7.20. The molecule has 3 aromatic carbocycles. The number of furan rings is 1. The molecule has 2 aromatic heterocycles. The topological polar surface area (TPSA) is 17.0 Å². The molecule has 0 N–H and O–H groups in total. The van der Waals surface area contributed by atoms with Crippen molar-refractivity contribution < 1.29 is 8.98 Å². The van der Waals surface area contributed by atoms with Gasteiger partial charge in [-0.2, -0.15) is 4.57 Å². The first-order valence-corrected chi connectivity index (χ1v) is 11.0. The quantitative estimate of drug-likeness (QED) is 0.290. The fraction of sp³-hybridized carbons (Fsp3) is 0.250. The normalized spacial score (nSPS) is 15.0. The van der Waals surface area contributed by atoms with Crippen LogP contribution in [0.5, 0.6) is 0 Å². The van der Waals surface area contributed by atoms with Crippen LogP contribution < -0.4 is 4.57 Å². The van der Waals surface area contributed by atoms with Gasteiger partial charge in [0.2, 0.25) is 5.58 Å². The molecule has 0 atom stereocenters. The molecule has 1 aliphatic rings. The molecule has 1 fully saturated rings. The largest absolute Gasteiger partial charge is 0.448 e. The molecule has 0 bridgehead atoms. The summed E-state index contributed by atoms with van der Waals surface area (Å²) < 4.78 is 8.81. The Bertz CT molecular complexity index is 1420. The Morgan fingerprint density at radius 3 is 2.43 bits per heavy atom. The molecule has 0 aliphatic heterocycles. The van der Waals surface area contributed by atoms with E-state index in [1.807, 2.05) is 0 Å². The molecule has 2 heteroatoms. The highest BCUT2D eigenvalue weighted by Crippen LogP contribution is 2.40. The van der Waals surface area contributed by atoms with Crippen LogP contribution in [0, 0.1) is 6.92 Å². The number of nitrogens with zero attached hydrogens (tertiary/aromatic N) is 1. The standard InChI is InChI=1S/C28H26NO/c1-18-7-3-6-10-22(18)26-28-25(15-16-29(26)2)24-14-12-21-17-20(19-8-4-5-9-19)11-13-23(21)27(24)30-28/h3,6-7,10-17,19H,4-5,8-9H2,1-2H3/q+1. The lowest BCUT2D eigenvalue weighted by atomic mass is 9.94. The highest BCUT2D eigenvalue weighted by atomic mass is 16.3.